The molecule has 0 aliphatic heterocycles. The minimum atomic E-state index is -0.215. The van der Waals surface area contributed by atoms with Gasteiger partial charge in [0.05, 0.1) is 6.26 Å². The van der Waals surface area contributed by atoms with Gasteiger partial charge in [0.1, 0.15) is 3.92 Å². The normalized spacial score (nSPS) is 12.2. The van der Waals surface area contributed by atoms with Gasteiger partial charge in [-0.3, -0.25) is 4.79 Å². The highest BCUT2D eigenvalue weighted by atomic mass is 127. The lowest BCUT2D eigenvalue weighted by atomic mass is 10.3. The van der Waals surface area contributed by atoms with Gasteiger partial charge in [0.25, 0.3) is 0 Å². The summed E-state index contributed by atoms with van der Waals surface area (Å²) < 4.78 is 4.47. The molecular weight excluding hydrogens is 231 g/mol. The minimum absolute atomic E-state index is 0.0411. The first-order chi connectivity index (χ1) is 4.22. The first kappa shape index (κ1) is 8.94. The van der Waals surface area contributed by atoms with Gasteiger partial charge < -0.3 is 4.74 Å². The van der Waals surface area contributed by atoms with Crippen molar-refractivity contribution in [1.82, 2.24) is 0 Å². The number of rotatable bonds is 3. The molecule has 2 nitrogen and oxygen atoms in total. The van der Waals surface area contributed by atoms with Crippen LogP contribution in [-0.4, -0.2) is 9.89 Å². The number of carbonyl (C=O) groups is 1. The lowest BCUT2D eigenvalue weighted by Gasteiger charge is -2.01. The average molecular weight is 240 g/mol. The molecule has 0 amide bonds. The Hall–Kier alpha value is -0.0600. The molecule has 0 saturated carbocycles. The van der Waals surface area contributed by atoms with Crippen molar-refractivity contribution in [3.63, 3.8) is 0 Å². The number of carbonyl (C=O) groups excluding carboxylic acids is 1. The maximum Gasteiger partial charge on any atom is 0.323 e. The van der Waals surface area contributed by atoms with E-state index in [1.807, 2.05) is 29.5 Å². The van der Waals surface area contributed by atoms with Crippen molar-refractivity contribution in [1.29, 1.82) is 0 Å². The van der Waals surface area contributed by atoms with Gasteiger partial charge in [0.2, 0.25) is 0 Å². The molecule has 0 heterocycles. The highest BCUT2D eigenvalue weighted by molar-refractivity contribution is 14.1. The third-order valence-corrected chi connectivity index (χ3v) is 2.20. The molecule has 3 heteroatoms. The van der Waals surface area contributed by atoms with Gasteiger partial charge in [0.15, 0.2) is 0 Å². The lowest BCUT2D eigenvalue weighted by Crippen LogP contribution is -2.13. The maximum atomic E-state index is 10.7. The summed E-state index contributed by atoms with van der Waals surface area (Å²) in [5, 5.41) is 0. The second kappa shape index (κ2) is 4.78. The first-order valence-electron chi connectivity index (χ1n) is 2.67. The fraction of sp³-hybridized carbons (Fsp3) is 0.500. The fourth-order valence-electron chi connectivity index (χ4n) is 0.323. The highest BCUT2D eigenvalue weighted by Crippen LogP contribution is 2.06. The second-order valence-corrected chi connectivity index (χ2v) is 2.98. The van der Waals surface area contributed by atoms with E-state index < -0.39 is 0 Å². The van der Waals surface area contributed by atoms with Crippen LogP contribution in [0.3, 0.4) is 0 Å². The van der Waals surface area contributed by atoms with E-state index >= 15 is 0 Å². The van der Waals surface area contributed by atoms with Gasteiger partial charge in [0, 0.05) is 0 Å². The van der Waals surface area contributed by atoms with E-state index in [-0.39, 0.29) is 9.89 Å². The molecule has 0 N–H and O–H groups in total. The molecule has 0 spiro atoms. The Kier molecular flexibility index (Phi) is 4.75. The topological polar surface area (TPSA) is 26.3 Å². The summed E-state index contributed by atoms with van der Waals surface area (Å²) >= 11 is 2.03. The van der Waals surface area contributed by atoms with Crippen molar-refractivity contribution in [3.05, 3.63) is 12.8 Å². The highest BCUT2D eigenvalue weighted by Gasteiger charge is 2.11. The Morgan fingerprint density at radius 1 is 2.00 bits per heavy atom. The van der Waals surface area contributed by atoms with Gasteiger partial charge in [-0.15, -0.1) is 0 Å². The lowest BCUT2D eigenvalue weighted by molar-refractivity contribution is -0.136. The molecule has 0 saturated heterocycles. The number of esters is 1. The van der Waals surface area contributed by atoms with Gasteiger partial charge in [-0.25, -0.2) is 0 Å². The van der Waals surface area contributed by atoms with Crippen LogP contribution < -0.4 is 0 Å². The Morgan fingerprint density at radius 2 is 2.56 bits per heavy atom. The Labute approximate surface area is 68.4 Å². The minimum Gasteiger partial charge on any atom is -0.434 e. The molecule has 0 fully saturated rings. The zero-order valence-corrected chi connectivity index (χ0v) is 7.42. The molecule has 0 aliphatic rings. The summed E-state index contributed by atoms with van der Waals surface area (Å²) in [5.74, 6) is -0.215. The van der Waals surface area contributed by atoms with Gasteiger partial charge in [-0.05, 0) is 6.42 Å². The first-order valence-corrected chi connectivity index (χ1v) is 3.92. The van der Waals surface area contributed by atoms with Crippen molar-refractivity contribution in [2.24, 2.45) is 0 Å². The maximum absolute atomic E-state index is 10.7. The van der Waals surface area contributed by atoms with Crippen LogP contribution in [0.4, 0.5) is 0 Å². The van der Waals surface area contributed by atoms with Crippen molar-refractivity contribution >= 4 is 28.6 Å². The number of alkyl halides is 1. The summed E-state index contributed by atoms with van der Waals surface area (Å²) in [4.78, 5) is 10.7. The van der Waals surface area contributed by atoms with E-state index in [9.17, 15) is 4.79 Å². The van der Waals surface area contributed by atoms with Crippen LogP contribution in [0.1, 0.15) is 13.3 Å². The van der Waals surface area contributed by atoms with Crippen LogP contribution in [0, 0.1) is 0 Å². The number of hydrogen-bond donors (Lipinski definition) is 0. The number of hydrogen-bond acceptors (Lipinski definition) is 2. The Bertz CT molecular complexity index is 112. The van der Waals surface area contributed by atoms with Crippen LogP contribution in [0.25, 0.3) is 0 Å². The Morgan fingerprint density at radius 3 is 2.89 bits per heavy atom. The van der Waals surface area contributed by atoms with Crippen LogP contribution in [0.15, 0.2) is 12.8 Å². The standard InChI is InChI=1S/C6H9IO2/c1-3-5(7)6(8)9-4-2/h4-5H,2-3H2,1H3. The third kappa shape index (κ3) is 3.51. The van der Waals surface area contributed by atoms with E-state index in [4.69, 9.17) is 0 Å². The second-order valence-electron chi connectivity index (χ2n) is 1.48. The molecule has 0 aliphatic carbocycles. The average Bonchev–Trinajstić information content (AvgIpc) is 1.87. The molecule has 0 bridgehead atoms. The molecule has 0 radical (unpaired) electrons. The zero-order chi connectivity index (χ0) is 7.28. The molecule has 1 unspecified atom stereocenters. The summed E-state index contributed by atoms with van der Waals surface area (Å²) in [7, 11) is 0. The molecule has 0 aromatic heterocycles. The summed E-state index contributed by atoms with van der Waals surface area (Å²) in [6, 6.07) is 0. The Balaban J connectivity index is 3.58. The van der Waals surface area contributed by atoms with Crippen LogP contribution >= 0.6 is 22.6 Å². The van der Waals surface area contributed by atoms with Crippen molar-refractivity contribution in [2.45, 2.75) is 17.3 Å². The van der Waals surface area contributed by atoms with E-state index in [1.165, 1.54) is 0 Å². The fourth-order valence-corrected chi connectivity index (χ4v) is 0.469. The molecule has 52 valence electrons. The quantitative estimate of drug-likeness (QED) is 0.326. The SMILES string of the molecule is C=COC(=O)C(I)CC. The van der Waals surface area contributed by atoms with E-state index in [0.29, 0.717) is 0 Å². The van der Waals surface area contributed by atoms with Crippen LogP contribution in [-0.2, 0) is 9.53 Å². The van der Waals surface area contributed by atoms with Crippen molar-refractivity contribution in [2.75, 3.05) is 0 Å². The summed E-state index contributed by atoms with van der Waals surface area (Å²) in [6.07, 6.45) is 1.96. The predicted molar refractivity (Wildman–Crippen MR) is 44.4 cm³/mol. The molecule has 1 atom stereocenters. The summed E-state index contributed by atoms with van der Waals surface area (Å²) in [6.45, 7) is 5.20. The molecule has 9 heavy (non-hydrogen) atoms. The van der Waals surface area contributed by atoms with Crippen LogP contribution in [0.5, 0.6) is 0 Å². The zero-order valence-electron chi connectivity index (χ0n) is 5.26. The molecule has 0 aromatic rings. The largest absolute Gasteiger partial charge is 0.434 e. The number of ether oxygens (including phenoxy) is 1. The smallest absolute Gasteiger partial charge is 0.323 e. The van der Waals surface area contributed by atoms with Gasteiger partial charge >= 0.3 is 5.97 Å². The molecular formula is C6H9IO2. The monoisotopic (exact) mass is 240 g/mol. The van der Waals surface area contributed by atoms with Gasteiger partial charge in [-0.2, -0.15) is 0 Å². The summed E-state index contributed by atoms with van der Waals surface area (Å²) in [5.41, 5.74) is 0. The van der Waals surface area contributed by atoms with E-state index in [0.717, 1.165) is 12.7 Å². The van der Waals surface area contributed by atoms with Gasteiger partial charge in [-0.1, -0.05) is 36.1 Å². The van der Waals surface area contributed by atoms with Crippen LogP contribution in [0.2, 0.25) is 0 Å². The predicted octanol–water partition coefficient (Wildman–Crippen LogP) is 1.89. The third-order valence-electron chi connectivity index (χ3n) is 0.814. The molecule has 0 rings (SSSR count). The van der Waals surface area contributed by atoms with Crippen molar-refractivity contribution in [3.8, 4) is 0 Å². The number of halogens is 1. The van der Waals surface area contributed by atoms with E-state index in [1.54, 1.807) is 0 Å². The molecule has 0 aromatic carbocycles. The van der Waals surface area contributed by atoms with E-state index in [2.05, 4.69) is 11.3 Å². The van der Waals surface area contributed by atoms with Crippen molar-refractivity contribution < 1.29 is 9.53 Å².